The Labute approximate surface area is 146 Å². The molecule has 0 saturated carbocycles. The predicted molar refractivity (Wildman–Crippen MR) is 93.9 cm³/mol. The number of benzene rings is 2. The summed E-state index contributed by atoms with van der Waals surface area (Å²) in [4.78, 5) is 42.1. The number of hydrazone groups is 1. The fraction of sp³-hybridized carbons (Fsp3) is 0. The largest absolute Gasteiger partial charge is 0.319 e. The molecule has 1 amide bonds. The summed E-state index contributed by atoms with van der Waals surface area (Å²) in [6.45, 7) is 0. The minimum atomic E-state index is -0.602. The van der Waals surface area contributed by atoms with Crippen molar-refractivity contribution in [1.82, 2.24) is 15.4 Å². The van der Waals surface area contributed by atoms with Crippen LogP contribution in [0.3, 0.4) is 0 Å². The number of hydrogen-bond donors (Lipinski definition) is 2. The van der Waals surface area contributed by atoms with Crippen molar-refractivity contribution in [2.75, 3.05) is 0 Å². The van der Waals surface area contributed by atoms with Gasteiger partial charge >= 0.3 is 0 Å². The van der Waals surface area contributed by atoms with E-state index in [0.717, 1.165) is 0 Å². The van der Waals surface area contributed by atoms with Gasteiger partial charge in [0.15, 0.2) is 17.7 Å². The highest BCUT2D eigenvalue weighted by atomic mass is 35.5. The third-order valence-electron chi connectivity index (χ3n) is 3.32. The molecule has 8 heteroatoms. The van der Waals surface area contributed by atoms with Crippen molar-refractivity contribution >= 4 is 40.5 Å². The number of fused-ring (bicyclic) bond motifs is 1. The molecule has 0 spiro atoms. The third kappa shape index (κ3) is 3.61. The number of halogens is 1. The monoisotopic (exact) mass is 354 g/mol. The molecule has 0 atom stereocenters. The molecule has 25 heavy (non-hydrogen) atoms. The molecule has 0 aliphatic heterocycles. The topological polar surface area (TPSA) is 104 Å². The maximum atomic E-state index is 12.1. The van der Waals surface area contributed by atoms with Crippen LogP contribution in [0.15, 0.2) is 58.4 Å². The first kappa shape index (κ1) is 16.5. The Morgan fingerprint density at radius 2 is 1.96 bits per heavy atom. The minimum Gasteiger partial charge on any atom is -0.319 e. The molecule has 1 aromatic heterocycles. The maximum absolute atomic E-state index is 12.1. The summed E-state index contributed by atoms with van der Waals surface area (Å²) in [6, 6.07) is 13.1. The van der Waals surface area contributed by atoms with Crippen LogP contribution in [0.2, 0.25) is 5.02 Å². The van der Waals surface area contributed by atoms with Crippen molar-refractivity contribution in [3.63, 3.8) is 0 Å². The van der Waals surface area contributed by atoms with E-state index < -0.39 is 11.5 Å². The van der Waals surface area contributed by atoms with Gasteiger partial charge in [0.25, 0.3) is 11.5 Å². The van der Waals surface area contributed by atoms with Gasteiger partial charge in [-0.25, -0.2) is 10.4 Å². The SMILES string of the molecule is O=CC(=NNC(=O)c1ccccc1)c1nc2cc(Cl)ccc2[nH]c1=O. The van der Waals surface area contributed by atoms with Gasteiger partial charge < -0.3 is 4.98 Å². The summed E-state index contributed by atoms with van der Waals surface area (Å²) in [5, 5.41) is 4.14. The fourth-order valence-electron chi connectivity index (χ4n) is 2.13. The maximum Gasteiger partial charge on any atom is 0.276 e. The zero-order valence-corrected chi connectivity index (χ0v) is 13.4. The average molecular weight is 355 g/mol. The van der Waals surface area contributed by atoms with Crippen LogP contribution in [0.1, 0.15) is 16.1 Å². The molecule has 0 aliphatic rings. The quantitative estimate of drug-likeness (QED) is 0.424. The summed E-state index contributed by atoms with van der Waals surface area (Å²) < 4.78 is 0. The number of hydrogen-bond acceptors (Lipinski definition) is 5. The highest BCUT2D eigenvalue weighted by Crippen LogP contribution is 2.14. The van der Waals surface area contributed by atoms with Gasteiger partial charge in [0, 0.05) is 10.6 Å². The van der Waals surface area contributed by atoms with Crippen molar-refractivity contribution < 1.29 is 9.59 Å². The molecule has 0 unspecified atom stereocenters. The van der Waals surface area contributed by atoms with E-state index in [9.17, 15) is 14.4 Å². The number of amides is 1. The van der Waals surface area contributed by atoms with E-state index in [-0.39, 0.29) is 11.4 Å². The number of aldehydes is 1. The summed E-state index contributed by atoms with van der Waals surface area (Å²) in [5.41, 5.74) is 2.35. The molecular formula is C17H11ClN4O3. The molecular weight excluding hydrogens is 344 g/mol. The number of rotatable bonds is 4. The Kier molecular flexibility index (Phi) is 4.67. The number of nitrogens with one attached hydrogen (secondary N) is 2. The van der Waals surface area contributed by atoms with E-state index in [1.807, 2.05) is 0 Å². The van der Waals surface area contributed by atoms with E-state index in [1.165, 1.54) is 0 Å². The van der Waals surface area contributed by atoms with Crippen LogP contribution in [-0.2, 0) is 4.79 Å². The number of aromatic amines is 1. The molecule has 3 rings (SSSR count). The lowest BCUT2D eigenvalue weighted by Crippen LogP contribution is -2.26. The standard InChI is InChI=1S/C17H11ClN4O3/c18-11-6-7-12-13(8-11)19-15(17(25)20-12)14(9-23)21-22-16(24)10-4-2-1-3-5-10/h1-9H,(H,20,25)(H,22,24). The van der Waals surface area contributed by atoms with E-state index in [0.29, 0.717) is 27.9 Å². The number of carbonyl (C=O) groups is 2. The van der Waals surface area contributed by atoms with Crippen LogP contribution in [0, 0.1) is 0 Å². The Balaban J connectivity index is 1.96. The van der Waals surface area contributed by atoms with Crippen LogP contribution in [0.25, 0.3) is 11.0 Å². The van der Waals surface area contributed by atoms with Crippen molar-refractivity contribution in [2.45, 2.75) is 0 Å². The van der Waals surface area contributed by atoms with Gasteiger partial charge in [-0.1, -0.05) is 29.8 Å². The molecule has 7 nitrogen and oxygen atoms in total. The zero-order valence-electron chi connectivity index (χ0n) is 12.7. The van der Waals surface area contributed by atoms with Crippen LogP contribution >= 0.6 is 11.6 Å². The van der Waals surface area contributed by atoms with E-state index in [4.69, 9.17) is 11.6 Å². The van der Waals surface area contributed by atoms with Gasteiger partial charge in [0.2, 0.25) is 0 Å². The van der Waals surface area contributed by atoms with Gasteiger partial charge in [-0.15, -0.1) is 0 Å². The first-order chi connectivity index (χ1) is 12.1. The second-order valence-corrected chi connectivity index (χ2v) is 5.43. The number of H-pyrrole nitrogens is 1. The lowest BCUT2D eigenvalue weighted by Gasteiger charge is -2.03. The third-order valence-corrected chi connectivity index (χ3v) is 3.56. The summed E-state index contributed by atoms with van der Waals surface area (Å²) in [7, 11) is 0. The second kappa shape index (κ2) is 7.06. The first-order valence-corrected chi connectivity index (χ1v) is 7.54. The van der Waals surface area contributed by atoms with Crippen molar-refractivity contribution in [3.8, 4) is 0 Å². The molecule has 124 valence electrons. The number of carbonyl (C=O) groups excluding carboxylic acids is 2. The van der Waals surface area contributed by atoms with Crippen LogP contribution in [0.5, 0.6) is 0 Å². The zero-order chi connectivity index (χ0) is 17.8. The molecule has 0 aliphatic carbocycles. The number of nitrogens with zero attached hydrogens (tertiary/aromatic N) is 2. The van der Waals surface area contributed by atoms with Gasteiger partial charge in [-0.05, 0) is 30.3 Å². The molecule has 0 fully saturated rings. The van der Waals surface area contributed by atoms with Crippen LogP contribution < -0.4 is 11.0 Å². The lowest BCUT2D eigenvalue weighted by molar-refractivity contribution is -0.102. The lowest BCUT2D eigenvalue weighted by atomic mass is 10.2. The van der Waals surface area contributed by atoms with Gasteiger partial charge in [0.05, 0.1) is 11.0 Å². The van der Waals surface area contributed by atoms with Crippen LogP contribution in [-0.4, -0.2) is 27.9 Å². The molecule has 2 aromatic carbocycles. The van der Waals surface area contributed by atoms with Gasteiger partial charge in [0.1, 0.15) is 0 Å². The highest BCUT2D eigenvalue weighted by molar-refractivity contribution is 6.35. The molecule has 1 heterocycles. The van der Waals surface area contributed by atoms with Gasteiger partial charge in [-0.2, -0.15) is 5.10 Å². The second-order valence-electron chi connectivity index (χ2n) is 5.00. The van der Waals surface area contributed by atoms with Crippen LogP contribution in [0.4, 0.5) is 0 Å². The minimum absolute atomic E-state index is 0.210. The van der Waals surface area contributed by atoms with Crippen molar-refractivity contribution in [1.29, 1.82) is 0 Å². The smallest absolute Gasteiger partial charge is 0.276 e. The predicted octanol–water partition coefficient (Wildman–Crippen LogP) is 1.91. The van der Waals surface area contributed by atoms with E-state index in [2.05, 4.69) is 20.5 Å². The van der Waals surface area contributed by atoms with Gasteiger partial charge in [-0.3, -0.25) is 14.4 Å². The Morgan fingerprint density at radius 1 is 1.20 bits per heavy atom. The summed E-state index contributed by atoms with van der Waals surface area (Å²) in [5.74, 6) is -0.514. The normalized spacial score (nSPS) is 11.3. The molecule has 0 saturated heterocycles. The summed E-state index contributed by atoms with van der Waals surface area (Å²) >= 11 is 5.91. The Morgan fingerprint density at radius 3 is 2.68 bits per heavy atom. The highest BCUT2D eigenvalue weighted by Gasteiger charge is 2.13. The Bertz CT molecular complexity index is 1040. The molecule has 2 N–H and O–H groups in total. The number of aromatic nitrogens is 2. The average Bonchev–Trinajstić information content (AvgIpc) is 2.63. The molecule has 0 radical (unpaired) electrons. The van der Waals surface area contributed by atoms with Crippen molar-refractivity contribution in [3.05, 3.63) is 75.2 Å². The molecule has 3 aromatic rings. The first-order valence-electron chi connectivity index (χ1n) is 7.16. The fourth-order valence-corrected chi connectivity index (χ4v) is 2.30. The Hall–Kier alpha value is -3.32. The summed E-state index contributed by atoms with van der Waals surface area (Å²) in [6.07, 6.45) is 0.346. The van der Waals surface area contributed by atoms with E-state index in [1.54, 1.807) is 48.5 Å². The van der Waals surface area contributed by atoms with E-state index >= 15 is 0 Å². The molecule has 0 bridgehead atoms. The van der Waals surface area contributed by atoms with Crippen molar-refractivity contribution in [2.24, 2.45) is 5.10 Å².